The molecule has 1 aliphatic heterocycles. The lowest BCUT2D eigenvalue weighted by Gasteiger charge is -2.18. The number of ether oxygens (including phenoxy) is 1. The normalized spacial score (nSPS) is 36.0. The SMILES string of the molecule is Nc1ccn([C@@H]2O[C@H](COP(=O)(O)OCC3C4C=C(C(=O)O)CC43)[C@@H](O)[C@@H]2O)c(=O)n1. The van der Waals surface area contributed by atoms with Gasteiger partial charge in [0.05, 0.1) is 13.2 Å². The van der Waals surface area contributed by atoms with Crippen LogP contribution in [0.1, 0.15) is 12.6 Å². The fourth-order valence-electron chi connectivity index (χ4n) is 4.06. The van der Waals surface area contributed by atoms with Crippen molar-refractivity contribution in [3.05, 3.63) is 34.4 Å². The second kappa shape index (κ2) is 8.10. The number of phosphoric ester groups is 1. The molecule has 14 heteroatoms. The minimum atomic E-state index is -4.49. The molecule has 1 aromatic heterocycles. The number of nitrogens with two attached hydrogens (primary N) is 1. The average Bonchev–Trinajstić information content (AvgIpc) is 3.01. The molecular weight excluding hydrogens is 437 g/mol. The quantitative estimate of drug-likeness (QED) is 0.293. The van der Waals surface area contributed by atoms with Crippen LogP contribution < -0.4 is 11.4 Å². The Labute approximate surface area is 175 Å². The molecule has 2 heterocycles. The lowest BCUT2D eigenvalue weighted by molar-refractivity contribution is -0.132. The zero-order valence-corrected chi connectivity index (χ0v) is 16.9. The van der Waals surface area contributed by atoms with E-state index in [2.05, 4.69) is 4.98 Å². The number of phosphoric acid groups is 1. The van der Waals surface area contributed by atoms with Crippen LogP contribution in [0.3, 0.4) is 0 Å². The highest BCUT2D eigenvalue weighted by Gasteiger charge is 2.54. The minimum absolute atomic E-state index is 0.00817. The Kier molecular flexibility index (Phi) is 5.77. The van der Waals surface area contributed by atoms with E-state index in [1.807, 2.05) is 0 Å². The summed E-state index contributed by atoms with van der Waals surface area (Å²) < 4.78 is 28.4. The van der Waals surface area contributed by atoms with Crippen LogP contribution in [0.4, 0.5) is 5.82 Å². The molecule has 2 fully saturated rings. The Hall–Kier alpha value is -2.12. The maximum atomic E-state index is 12.1. The van der Waals surface area contributed by atoms with Crippen LogP contribution in [0.15, 0.2) is 28.7 Å². The summed E-state index contributed by atoms with van der Waals surface area (Å²) in [7, 11) is -4.49. The lowest BCUT2D eigenvalue weighted by Crippen LogP contribution is -2.36. The van der Waals surface area contributed by atoms with Crippen LogP contribution in [0.2, 0.25) is 0 Å². The molecule has 170 valence electrons. The standard InChI is InChI=1S/C17H22N3O10P/c18-12-1-2-20(17(25)19-12)15-14(22)13(21)11(30-15)6-29-31(26,27)28-5-10-8-3-7(16(23)24)4-9(8)10/h1-3,8-11,13-15,21-22H,4-6H2,(H,23,24)(H,26,27)(H2,18,19,25)/t8?,9?,10?,11-,13-,14+,15-/m1/s1. The van der Waals surface area contributed by atoms with Crippen LogP contribution in [-0.4, -0.2) is 67.3 Å². The van der Waals surface area contributed by atoms with Crippen molar-refractivity contribution in [1.82, 2.24) is 9.55 Å². The Bertz CT molecular complexity index is 1010. The smallest absolute Gasteiger partial charge is 0.472 e. The number of anilines is 1. The van der Waals surface area contributed by atoms with Crippen LogP contribution in [0.5, 0.6) is 0 Å². The van der Waals surface area contributed by atoms with Crippen molar-refractivity contribution in [2.45, 2.75) is 31.0 Å². The summed E-state index contributed by atoms with van der Waals surface area (Å²) in [6.45, 7) is -0.668. The highest BCUT2D eigenvalue weighted by Crippen LogP contribution is 2.58. The molecule has 1 saturated heterocycles. The monoisotopic (exact) mass is 459 g/mol. The van der Waals surface area contributed by atoms with Gasteiger partial charge in [-0.25, -0.2) is 14.2 Å². The molecule has 0 amide bonds. The van der Waals surface area contributed by atoms with E-state index >= 15 is 0 Å². The van der Waals surface area contributed by atoms with Gasteiger partial charge in [-0.3, -0.25) is 13.6 Å². The molecule has 1 saturated carbocycles. The van der Waals surface area contributed by atoms with Crippen molar-refractivity contribution in [1.29, 1.82) is 0 Å². The number of hydrogen-bond acceptors (Lipinski definition) is 10. The molecule has 4 unspecified atom stereocenters. The third kappa shape index (κ3) is 4.44. The Balaban J connectivity index is 1.29. The molecule has 1 aromatic rings. The van der Waals surface area contributed by atoms with Gasteiger partial charge < -0.3 is 30.7 Å². The molecule has 4 rings (SSSR count). The summed E-state index contributed by atoms with van der Waals surface area (Å²) in [6.07, 6.45) is -2.24. The van der Waals surface area contributed by atoms with Gasteiger partial charge in [0, 0.05) is 11.8 Å². The largest absolute Gasteiger partial charge is 0.478 e. The van der Waals surface area contributed by atoms with Gasteiger partial charge in [-0.2, -0.15) is 4.98 Å². The third-order valence-electron chi connectivity index (χ3n) is 5.82. The van der Waals surface area contributed by atoms with Gasteiger partial charge in [0.25, 0.3) is 0 Å². The topological polar surface area (TPSA) is 204 Å². The zero-order chi connectivity index (χ0) is 22.5. The van der Waals surface area contributed by atoms with Gasteiger partial charge in [-0.05, 0) is 30.2 Å². The van der Waals surface area contributed by atoms with Crippen LogP contribution >= 0.6 is 7.82 Å². The Morgan fingerprint density at radius 1 is 1.32 bits per heavy atom. The van der Waals surface area contributed by atoms with Crippen LogP contribution in [0.25, 0.3) is 0 Å². The zero-order valence-electron chi connectivity index (χ0n) is 16.1. The number of allylic oxidation sites excluding steroid dienone is 1. The van der Waals surface area contributed by atoms with Crippen LogP contribution in [-0.2, 0) is 23.1 Å². The summed E-state index contributed by atoms with van der Waals surface area (Å²) in [4.78, 5) is 36.2. The van der Waals surface area contributed by atoms with Gasteiger partial charge in [0.1, 0.15) is 24.1 Å². The summed E-state index contributed by atoms with van der Waals surface area (Å²) >= 11 is 0. The second-order valence-corrected chi connectivity index (χ2v) is 9.21. The Morgan fingerprint density at radius 3 is 2.65 bits per heavy atom. The molecule has 2 aliphatic carbocycles. The molecule has 6 N–H and O–H groups in total. The van der Waals surface area contributed by atoms with E-state index in [1.54, 1.807) is 6.08 Å². The number of nitrogens with zero attached hydrogens (tertiary/aromatic N) is 2. The highest BCUT2D eigenvalue weighted by atomic mass is 31.2. The van der Waals surface area contributed by atoms with Gasteiger partial charge >= 0.3 is 19.5 Å². The Morgan fingerprint density at radius 2 is 2.03 bits per heavy atom. The number of rotatable bonds is 8. The van der Waals surface area contributed by atoms with Gasteiger partial charge in [0.15, 0.2) is 6.23 Å². The van der Waals surface area contributed by atoms with Gasteiger partial charge in [-0.1, -0.05) is 6.08 Å². The molecular formula is C17H22N3O10P. The van der Waals surface area contributed by atoms with Crippen molar-refractivity contribution in [3.8, 4) is 0 Å². The maximum absolute atomic E-state index is 12.1. The maximum Gasteiger partial charge on any atom is 0.472 e. The van der Waals surface area contributed by atoms with Crippen molar-refractivity contribution < 1.29 is 43.4 Å². The number of fused-ring (bicyclic) bond motifs is 1. The second-order valence-electron chi connectivity index (χ2n) is 7.75. The lowest BCUT2D eigenvalue weighted by atomic mass is 10.1. The molecule has 3 aliphatic rings. The summed E-state index contributed by atoms with van der Waals surface area (Å²) in [5.41, 5.74) is 4.95. The van der Waals surface area contributed by atoms with E-state index in [1.165, 1.54) is 12.3 Å². The first-order chi connectivity index (χ1) is 14.6. The van der Waals surface area contributed by atoms with Crippen LogP contribution in [0, 0.1) is 17.8 Å². The van der Waals surface area contributed by atoms with E-state index in [0.717, 1.165) is 4.57 Å². The van der Waals surface area contributed by atoms with E-state index in [9.17, 15) is 29.3 Å². The number of hydrogen-bond donors (Lipinski definition) is 5. The minimum Gasteiger partial charge on any atom is -0.478 e. The van der Waals surface area contributed by atoms with E-state index in [4.69, 9.17) is 24.6 Å². The molecule has 0 bridgehead atoms. The molecule has 8 atom stereocenters. The van der Waals surface area contributed by atoms with Gasteiger partial charge in [0.2, 0.25) is 0 Å². The van der Waals surface area contributed by atoms with Gasteiger partial charge in [-0.15, -0.1) is 0 Å². The predicted molar refractivity (Wildman–Crippen MR) is 101 cm³/mol. The summed E-state index contributed by atoms with van der Waals surface area (Å²) in [6, 6.07) is 1.31. The molecule has 31 heavy (non-hydrogen) atoms. The fraction of sp³-hybridized carbons (Fsp3) is 0.588. The first-order valence-corrected chi connectivity index (χ1v) is 11.0. The van der Waals surface area contributed by atoms with E-state index in [-0.39, 0.29) is 30.2 Å². The third-order valence-corrected chi connectivity index (χ3v) is 6.77. The van der Waals surface area contributed by atoms with Crippen molar-refractivity contribution in [3.63, 3.8) is 0 Å². The van der Waals surface area contributed by atoms with E-state index < -0.39 is 50.6 Å². The van der Waals surface area contributed by atoms with Crippen molar-refractivity contribution in [2.75, 3.05) is 18.9 Å². The number of aliphatic hydroxyl groups excluding tert-OH is 2. The number of carbonyl (C=O) groups is 1. The average molecular weight is 459 g/mol. The predicted octanol–water partition coefficient (Wildman–Crippen LogP) is -1.14. The molecule has 0 spiro atoms. The molecule has 0 aromatic carbocycles. The van der Waals surface area contributed by atoms with E-state index in [0.29, 0.717) is 12.0 Å². The first-order valence-electron chi connectivity index (χ1n) is 9.49. The number of aliphatic carboxylic acids is 1. The number of carboxylic acid groups (broad SMARTS) is 1. The number of aromatic nitrogens is 2. The number of aliphatic hydroxyl groups is 2. The van der Waals surface area contributed by atoms with Crippen molar-refractivity contribution in [2.24, 2.45) is 17.8 Å². The first kappa shape index (κ1) is 22.1. The highest BCUT2D eigenvalue weighted by molar-refractivity contribution is 7.47. The number of carboxylic acids is 1. The fourth-order valence-corrected chi connectivity index (χ4v) is 4.83. The van der Waals surface area contributed by atoms with Crippen molar-refractivity contribution >= 4 is 19.6 Å². The molecule has 0 radical (unpaired) electrons. The summed E-state index contributed by atoms with van der Waals surface area (Å²) in [5, 5.41) is 29.3. The summed E-state index contributed by atoms with van der Waals surface area (Å²) in [5.74, 6) is -0.961. The molecule has 13 nitrogen and oxygen atoms in total. The number of nitrogen functional groups attached to an aromatic ring is 1.